The fraction of sp³-hybridized carbons (Fsp3) is 0.167. The highest BCUT2D eigenvalue weighted by atomic mass is 16.5. The summed E-state index contributed by atoms with van der Waals surface area (Å²) >= 11 is 0. The van der Waals surface area contributed by atoms with Gasteiger partial charge in [0.1, 0.15) is 13.2 Å². The van der Waals surface area contributed by atoms with Crippen molar-refractivity contribution < 1.29 is 9.53 Å². The van der Waals surface area contributed by atoms with Crippen LogP contribution in [0.5, 0.6) is 0 Å². The average molecular weight is 201 g/mol. The highest BCUT2D eigenvalue weighted by Gasteiger charge is 2.12. The molecule has 0 N–H and O–H groups in total. The number of hydrogen-bond acceptors (Lipinski definition) is 3. The summed E-state index contributed by atoms with van der Waals surface area (Å²) in [5.41, 5.74) is 1.05. The lowest BCUT2D eigenvalue weighted by Gasteiger charge is -2.09. The Morgan fingerprint density at radius 3 is 2.80 bits per heavy atom. The molecule has 0 bridgehead atoms. The molecule has 0 spiro atoms. The lowest BCUT2D eigenvalue weighted by atomic mass is 10.2. The van der Waals surface area contributed by atoms with Gasteiger partial charge in [0.15, 0.2) is 5.76 Å². The number of ketones is 1. The third-order valence-electron chi connectivity index (χ3n) is 2.08. The molecule has 0 amide bonds. The Kier molecular flexibility index (Phi) is 2.93. The van der Waals surface area contributed by atoms with Crippen LogP contribution >= 0.6 is 0 Å². The summed E-state index contributed by atoms with van der Waals surface area (Å²) in [5, 5.41) is 0. The monoisotopic (exact) mass is 201 g/mol. The van der Waals surface area contributed by atoms with Crippen LogP contribution in [0.4, 0.5) is 0 Å². The Hall–Kier alpha value is -1.90. The standard InChI is InChI=1S/C12H11NO2/c14-11-8-13-7-6-12(11)15-9-10-4-2-1-3-5-10/h1-7H,8-9H2. The highest BCUT2D eigenvalue weighted by molar-refractivity contribution is 6.01. The van der Waals surface area contributed by atoms with Gasteiger partial charge in [0.25, 0.3) is 0 Å². The Morgan fingerprint density at radius 1 is 1.27 bits per heavy atom. The van der Waals surface area contributed by atoms with Crippen LogP contribution in [0.2, 0.25) is 0 Å². The number of benzene rings is 1. The van der Waals surface area contributed by atoms with E-state index in [0.29, 0.717) is 12.4 Å². The smallest absolute Gasteiger partial charge is 0.218 e. The molecule has 0 saturated heterocycles. The molecule has 1 aromatic carbocycles. The maximum Gasteiger partial charge on any atom is 0.218 e. The van der Waals surface area contributed by atoms with Crippen molar-refractivity contribution in [3.63, 3.8) is 0 Å². The predicted octanol–water partition coefficient (Wildman–Crippen LogP) is 1.74. The summed E-state index contributed by atoms with van der Waals surface area (Å²) in [4.78, 5) is 15.1. The quantitative estimate of drug-likeness (QED) is 0.747. The molecule has 0 aliphatic carbocycles. The normalized spacial score (nSPS) is 14.9. The van der Waals surface area contributed by atoms with Crippen LogP contribution in [0.1, 0.15) is 5.56 Å². The van der Waals surface area contributed by atoms with Crippen molar-refractivity contribution in [2.45, 2.75) is 6.61 Å². The van der Waals surface area contributed by atoms with Crippen molar-refractivity contribution in [3.8, 4) is 0 Å². The van der Waals surface area contributed by atoms with E-state index >= 15 is 0 Å². The van der Waals surface area contributed by atoms with Crippen molar-refractivity contribution in [2.75, 3.05) is 6.54 Å². The zero-order valence-electron chi connectivity index (χ0n) is 8.22. The van der Waals surface area contributed by atoms with Crippen molar-refractivity contribution in [1.82, 2.24) is 0 Å². The van der Waals surface area contributed by atoms with Crippen molar-refractivity contribution in [2.24, 2.45) is 4.99 Å². The lowest BCUT2D eigenvalue weighted by Crippen LogP contribution is -2.13. The number of aliphatic imine (C=N–C) groups is 1. The second-order valence-electron chi connectivity index (χ2n) is 3.22. The molecule has 3 nitrogen and oxygen atoms in total. The molecule has 1 heterocycles. The minimum atomic E-state index is -0.0616. The van der Waals surface area contributed by atoms with Gasteiger partial charge in [-0.2, -0.15) is 0 Å². The van der Waals surface area contributed by atoms with E-state index in [1.54, 1.807) is 12.3 Å². The second kappa shape index (κ2) is 4.55. The van der Waals surface area contributed by atoms with Gasteiger partial charge in [-0.3, -0.25) is 9.79 Å². The Balaban J connectivity index is 1.96. The number of allylic oxidation sites excluding steroid dienone is 1. The van der Waals surface area contributed by atoms with Gasteiger partial charge in [0, 0.05) is 12.3 Å². The number of Topliss-reactive ketones (excluding diaryl/α,β-unsaturated/α-hetero) is 1. The molecule has 76 valence electrons. The van der Waals surface area contributed by atoms with Gasteiger partial charge in [-0.15, -0.1) is 0 Å². The van der Waals surface area contributed by atoms with Crippen molar-refractivity contribution in [3.05, 3.63) is 47.7 Å². The van der Waals surface area contributed by atoms with Crippen LogP contribution in [0.15, 0.2) is 47.2 Å². The van der Waals surface area contributed by atoms with Gasteiger partial charge in [-0.25, -0.2) is 0 Å². The minimum Gasteiger partial charge on any atom is -0.485 e. The molecular weight excluding hydrogens is 190 g/mol. The number of hydrogen-bond donors (Lipinski definition) is 0. The maximum atomic E-state index is 11.3. The zero-order chi connectivity index (χ0) is 10.5. The van der Waals surface area contributed by atoms with Crippen LogP contribution in [-0.2, 0) is 16.1 Å². The number of nitrogens with zero attached hydrogens (tertiary/aromatic N) is 1. The van der Waals surface area contributed by atoms with E-state index in [1.807, 2.05) is 30.3 Å². The molecule has 2 rings (SSSR count). The van der Waals surface area contributed by atoms with Crippen molar-refractivity contribution in [1.29, 1.82) is 0 Å². The molecule has 0 radical (unpaired) electrons. The lowest BCUT2D eigenvalue weighted by molar-refractivity contribution is -0.117. The van der Waals surface area contributed by atoms with Gasteiger partial charge in [-0.1, -0.05) is 30.3 Å². The fourth-order valence-corrected chi connectivity index (χ4v) is 1.29. The van der Waals surface area contributed by atoms with E-state index in [2.05, 4.69) is 4.99 Å². The van der Waals surface area contributed by atoms with Gasteiger partial charge < -0.3 is 4.74 Å². The number of carbonyl (C=O) groups is 1. The summed E-state index contributed by atoms with van der Waals surface area (Å²) in [6, 6.07) is 9.75. The third kappa shape index (κ3) is 2.53. The van der Waals surface area contributed by atoms with Gasteiger partial charge in [0.05, 0.1) is 0 Å². The highest BCUT2D eigenvalue weighted by Crippen LogP contribution is 2.08. The van der Waals surface area contributed by atoms with E-state index in [4.69, 9.17) is 4.74 Å². The summed E-state index contributed by atoms with van der Waals surface area (Å²) in [6.45, 7) is 0.618. The number of carbonyl (C=O) groups excluding carboxylic acids is 1. The fourth-order valence-electron chi connectivity index (χ4n) is 1.29. The third-order valence-corrected chi connectivity index (χ3v) is 2.08. The molecule has 1 aliphatic rings. The van der Waals surface area contributed by atoms with Crippen LogP contribution < -0.4 is 0 Å². The first-order valence-corrected chi connectivity index (χ1v) is 4.76. The molecule has 3 heteroatoms. The predicted molar refractivity (Wildman–Crippen MR) is 57.7 cm³/mol. The summed E-state index contributed by atoms with van der Waals surface area (Å²) in [5.74, 6) is 0.335. The Morgan fingerprint density at radius 2 is 2.07 bits per heavy atom. The Labute approximate surface area is 88.1 Å². The summed E-state index contributed by atoms with van der Waals surface area (Å²) in [6.07, 6.45) is 3.20. The van der Waals surface area contributed by atoms with E-state index in [1.165, 1.54) is 0 Å². The zero-order valence-corrected chi connectivity index (χ0v) is 8.22. The van der Waals surface area contributed by atoms with Gasteiger partial charge in [-0.05, 0) is 5.56 Å². The van der Waals surface area contributed by atoms with E-state index in [-0.39, 0.29) is 12.3 Å². The second-order valence-corrected chi connectivity index (χ2v) is 3.22. The Bertz CT molecular complexity index is 407. The maximum absolute atomic E-state index is 11.3. The largest absolute Gasteiger partial charge is 0.485 e. The molecule has 0 atom stereocenters. The minimum absolute atomic E-state index is 0.0616. The van der Waals surface area contributed by atoms with Gasteiger partial charge >= 0.3 is 0 Å². The molecule has 0 unspecified atom stereocenters. The van der Waals surface area contributed by atoms with Crippen LogP contribution in [0.25, 0.3) is 0 Å². The van der Waals surface area contributed by atoms with E-state index < -0.39 is 0 Å². The van der Waals surface area contributed by atoms with E-state index in [9.17, 15) is 4.79 Å². The molecule has 1 aliphatic heterocycles. The molecule has 0 aromatic heterocycles. The topological polar surface area (TPSA) is 38.7 Å². The van der Waals surface area contributed by atoms with Crippen LogP contribution in [-0.4, -0.2) is 18.5 Å². The first-order chi connectivity index (χ1) is 7.36. The SMILES string of the molecule is O=C1CN=CC=C1OCc1ccccc1. The van der Waals surface area contributed by atoms with E-state index in [0.717, 1.165) is 5.56 Å². The first-order valence-electron chi connectivity index (χ1n) is 4.76. The average Bonchev–Trinajstić information content (AvgIpc) is 2.29. The first kappa shape index (κ1) is 9.65. The molecular formula is C12H11NO2. The molecule has 15 heavy (non-hydrogen) atoms. The molecule has 1 aromatic rings. The van der Waals surface area contributed by atoms with Crippen LogP contribution in [0, 0.1) is 0 Å². The molecule has 0 saturated carbocycles. The number of dihydropyridines is 1. The molecule has 0 fully saturated rings. The number of ether oxygens (including phenoxy) is 1. The summed E-state index contributed by atoms with van der Waals surface area (Å²) < 4.78 is 5.40. The van der Waals surface area contributed by atoms with Crippen LogP contribution in [0.3, 0.4) is 0 Å². The van der Waals surface area contributed by atoms with Crippen molar-refractivity contribution >= 4 is 12.0 Å². The van der Waals surface area contributed by atoms with Gasteiger partial charge in [0.2, 0.25) is 5.78 Å². The summed E-state index contributed by atoms with van der Waals surface area (Å²) in [7, 11) is 0. The number of rotatable bonds is 3.